The molecule has 0 aliphatic carbocycles. The number of fused-ring (bicyclic) bond motifs is 1. The summed E-state index contributed by atoms with van der Waals surface area (Å²) in [5.41, 5.74) is 0. The number of hydrogen-bond acceptors (Lipinski definition) is 2. The van der Waals surface area contributed by atoms with Crippen molar-refractivity contribution in [2.75, 3.05) is 19.1 Å². The van der Waals surface area contributed by atoms with Crippen molar-refractivity contribution in [3.63, 3.8) is 0 Å². The summed E-state index contributed by atoms with van der Waals surface area (Å²) in [5, 5.41) is 2.19. The molecule has 0 aliphatic heterocycles. The lowest BCUT2D eigenvalue weighted by Crippen LogP contribution is -1.99. The molecule has 0 unspecified atom stereocenters. The Labute approximate surface area is 119 Å². The van der Waals surface area contributed by atoms with Gasteiger partial charge in [0.25, 0.3) is 0 Å². The van der Waals surface area contributed by atoms with Gasteiger partial charge in [-0.15, -0.1) is 11.6 Å². The number of rotatable bonds is 7. The second-order valence-corrected chi connectivity index (χ2v) is 4.66. The van der Waals surface area contributed by atoms with Gasteiger partial charge in [0.05, 0.1) is 13.2 Å². The highest BCUT2D eigenvalue weighted by molar-refractivity contribution is 6.17. The van der Waals surface area contributed by atoms with E-state index in [4.69, 9.17) is 21.1 Å². The summed E-state index contributed by atoms with van der Waals surface area (Å²) in [4.78, 5) is 0. The number of benzene rings is 2. The van der Waals surface area contributed by atoms with Gasteiger partial charge in [-0.3, -0.25) is 0 Å². The molecule has 0 aliphatic rings. The van der Waals surface area contributed by atoms with Gasteiger partial charge in [-0.05, 0) is 31.9 Å². The third-order valence-electron chi connectivity index (χ3n) is 2.93. The van der Waals surface area contributed by atoms with E-state index in [1.807, 2.05) is 31.2 Å². The van der Waals surface area contributed by atoms with Crippen LogP contribution >= 0.6 is 11.6 Å². The number of halogens is 1. The number of hydrogen-bond donors (Lipinski definition) is 0. The Hall–Kier alpha value is -1.41. The zero-order valence-electron chi connectivity index (χ0n) is 11.2. The first-order valence-electron chi connectivity index (χ1n) is 6.70. The van der Waals surface area contributed by atoms with Crippen LogP contribution in [-0.4, -0.2) is 19.1 Å². The van der Waals surface area contributed by atoms with Gasteiger partial charge in [0.2, 0.25) is 0 Å². The Bertz CT molecular complexity index is 525. The molecule has 2 aromatic carbocycles. The van der Waals surface area contributed by atoms with Gasteiger partial charge in [0, 0.05) is 16.7 Å². The van der Waals surface area contributed by atoms with Gasteiger partial charge in [-0.1, -0.05) is 24.3 Å². The third-order valence-corrected chi connectivity index (χ3v) is 3.20. The Morgan fingerprint density at radius 2 is 1.53 bits per heavy atom. The molecule has 0 amide bonds. The molecule has 0 spiro atoms. The zero-order valence-corrected chi connectivity index (χ0v) is 12.0. The maximum absolute atomic E-state index is 5.84. The molecule has 0 saturated carbocycles. The molecule has 3 heteroatoms. The van der Waals surface area contributed by atoms with Crippen LogP contribution in [0.25, 0.3) is 10.8 Å². The van der Waals surface area contributed by atoms with Crippen molar-refractivity contribution < 1.29 is 9.47 Å². The lowest BCUT2D eigenvalue weighted by atomic mass is 10.1. The summed E-state index contributed by atoms with van der Waals surface area (Å²) in [5.74, 6) is 2.51. The molecule has 19 heavy (non-hydrogen) atoms. The molecular formula is C16H19ClO2. The van der Waals surface area contributed by atoms with E-state index in [0.29, 0.717) is 19.1 Å². The van der Waals surface area contributed by atoms with E-state index in [9.17, 15) is 0 Å². The first-order valence-corrected chi connectivity index (χ1v) is 7.23. The van der Waals surface area contributed by atoms with Crippen molar-refractivity contribution in [2.24, 2.45) is 0 Å². The van der Waals surface area contributed by atoms with E-state index >= 15 is 0 Å². The van der Waals surface area contributed by atoms with Crippen molar-refractivity contribution in [1.82, 2.24) is 0 Å². The lowest BCUT2D eigenvalue weighted by molar-refractivity contribution is 0.312. The highest BCUT2D eigenvalue weighted by Crippen LogP contribution is 2.33. The fourth-order valence-electron chi connectivity index (χ4n) is 2.03. The smallest absolute Gasteiger partial charge is 0.127 e. The maximum atomic E-state index is 5.84. The predicted molar refractivity (Wildman–Crippen MR) is 80.6 cm³/mol. The second kappa shape index (κ2) is 7.25. The summed E-state index contributed by atoms with van der Waals surface area (Å²) < 4.78 is 11.5. The van der Waals surface area contributed by atoms with Crippen LogP contribution in [0.5, 0.6) is 11.5 Å². The zero-order chi connectivity index (χ0) is 13.5. The molecule has 0 atom stereocenters. The Morgan fingerprint density at radius 3 is 2.11 bits per heavy atom. The van der Waals surface area contributed by atoms with Gasteiger partial charge in [-0.2, -0.15) is 0 Å². The molecule has 0 heterocycles. The molecule has 0 bridgehead atoms. The minimum Gasteiger partial charge on any atom is -0.493 e. The molecule has 0 aromatic heterocycles. The highest BCUT2D eigenvalue weighted by atomic mass is 35.5. The van der Waals surface area contributed by atoms with Crippen LogP contribution in [0.4, 0.5) is 0 Å². The van der Waals surface area contributed by atoms with Gasteiger partial charge < -0.3 is 9.47 Å². The van der Waals surface area contributed by atoms with Crippen LogP contribution in [0.15, 0.2) is 36.4 Å². The van der Waals surface area contributed by atoms with E-state index in [1.165, 1.54) is 0 Å². The van der Waals surface area contributed by atoms with Crippen molar-refractivity contribution in [3.8, 4) is 11.5 Å². The minimum absolute atomic E-state index is 0.667. The SMILES string of the molecule is CCOc1ccc(OCCCCCl)c2ccccc12. The molecule has 2 nitrogen and oxygen atoms in total. The molecule has 0 fully saturated rings. The van der Waals surface area contributed by atoms with Crippen molar-refractivity contribution in [1.29, 1.82) is 0 Å². The Kier molecular flexibility index (Phi) is 5.34. The minimum atomic E-state index is 0.667. The molecule has 102 valence electrons. The van der Waals surface area contributed by atoms with Crippen LogP contribution < -0.4 is 9.47 Å². The van der Waals surface area contributed by atoms with E-state index in [-0.39, 0.29) is 0 Å². The molecule has 0 saturated heterocycles. The van der Waals surface area contributed by atoms with Crippen molar-refractivity contribution in [2.45, 2.75) is 19.8 Å². The first-order chi connectivity index (χ1) is 9.36. The first kappa shape index (κ1) is 14.0. The average molecular weight is 279 g/mol. The van der Waals surface area contributed by atoms with Gasteiger partial charge in [0.15, 0.2) is 0 Å². The molecular weight excluding hydrogens is 260 g/mol. The number of ether oxygens (including phenoxy) is 2. The summed E-state index contributed by atoms with van der Waals surface area (Å²) in [7, 11) is 0. The van der Waals surface area contributed by atoms with Crippen molar-refractivity contribution >= 4 is 22.4 Å². The van der Waals surface area contributed by atoms with Crippen LogP contribution in [0.3, 0.4) is 0 Å². The molecule has 2 rings (SSSR count). The van der Waals surface area contributed by atoms with Crippen LogP contribution in [-0.2, 0) is 0 Å². The number of unbranched alkanes of at least 4 members (excludes halogenated alkanes) is 1. The largest absolute Gasteiger partial charge is 0.493 e. The summed E-state index contributed by atoms with van der Waals surface area (Å²) in [6, 6.07) is 12.1. The number of alkyl halides is 1. The lowest BCUT2D eigenvalue weighted by Gasteiger charge is -2.12. The van der Waals surface area contributed by atoms with Crippen molar-refractivity contribution in [3.05, 3.63) is 36.4 Å². The highest BCUT2D eigenvalue weighted by Gasteiger charge is 2.07. The second-order valence-electron chi connectivity index (χ2n) is 4.28. The quantitative estimate of drug-likeness (QED) is 0.543. The fourth-order valence-corrected chi connectivity index (χ4v) is 2.22. The molecule has 0 N–H and O–H groups in total. The van der Waals surface area contributed by atoms with E-state index in [2.05, 4.69) is 12.1 Å². The van der Waals surface area contributed by atoms with E-state index in [0.717, 1.165) is 35.1 Å². The summed E-state index contributed by atoms with van der Waals surface area (Å²) >= 11 is 5.66. The topological polar surface area (TPSA) is 18.5 Å². The van der Waals surface area contributed by atoms with E-state index < -0.39 is 0 Å². The molecule has 0 radical (unpaired) electrons. The third kappa shape index (κ3) is 3.54. The van der Waals surface area contributed by atoms with Gasteiger partial charge in [-0.25, -0.2) is 0 Å². The fraction of sp³-hybridized carbons (Fsp3) is 0.375. The molecule has 2 aromatic rings. The summed E-state index contributed by atoms with van der Waals surface area (Å²) in [6.07, 6.45) is 1.96. The maximum Gasteiger partial charge on any atom is 0.127 e. The predicted octanol–water partition coefficient (Wildman–Crippen LogP) is 4.64. The van der Waals surface area contributed by atoms with Gasteiger partial charge in [0.1, 0.15) is 11.5 Å². The average Bonchev–Trinajstić information content (AvgIpc) is 2.46. The van der Waals surface area contributed by atoms with Crippen LogP contribution in [0.1, 0.15) is 19.8 Å². The Morgan fingerprint density at radius 1 is 0.895 bits per heavy atom. The normalized spacial score (nSPS) is 10.6. The summed E-state index contributed by atoms with van der Waals surface area (Å²) in [6.45, 7) is 3.36. The van der Waals surface area contributed by atoms with Gasteiger partial charge >= 0.3 is 0 Å². The van der Waals surface area contributed by atoms with Crippen LogP contribution in [0.2, 0.25) is 0 Å². The monoisotopic (exact) mass is 278 g/mol. The standard InChI is InChI=1S/C16H19ClO2/c1-2-18-15-9-10-16(19-12-6-5-11-17)14-8-4-3-7-13(14)15/h3-4,7-10H,2,5-6,11-12H2,1H3. The Balaban J connectivity index is 2.22. The van der Waals surface area contributed by atoms with E-state index in [1.54, 1.807) is 0 Å². The van der Waals surface area contributed by atoms with Crippen LogP contribution in [0, 0.1) is 0 Å².